The van der Waals surface area contributed by atoms with Crippen LogP contribution < -0.4 is 5.32 Å². The first-order valence-corrected chi connectivity index (χ1v) is 10.3. The van der Waals surface area contributed by atoms with E-state index < -0.39 is 5.41 Å². The van der Waals surface area contributed by atoms with Crippen LogP contribution in [-0.4, -0.2) is 52.8 Å². The number of rotatable bonds is 5. The van der Waals surface area contributed by atoms with Crippen LogP contribution in [0.5, 0.6) is 0 Å². The van der Waals surface area contributed by atoms with E-state index in [4.69, 9.17) is 4.74 Å². The number of hydrogen-bond acceptors (Lipinski definition) is 4. The Hall–Kier alpha value is -2.67. The molecule has 29 heavy (non-hydrogen) atoms. The molecule has 7 nitrogen and oxygen atoms in total. The molecule has 0 bridgehead atoms. The Morgan fingerprint density at radius 3 is 2.62 bits per heavy atom. The lowest BCUT2D eigenvalue weighted by Gasteiger charge is -2.29. The molecule has 1 saturated carbocycles. The average Bonchev–Trinajstić information content (AvgIpc) is 3.39. The van der Waals surface area contributed by atoms with Gasteiger partial charge in [-0.05, 0) is 30.9 Å². The van der Waals surface area contributed by atoms with Crippen molar-refractivity contribution in [3.05, 3.63) is 47.8 Å². The number of benzene rings is 1. The summed E-state index contributed by atoms with van der Waals surface area (Å²) in [6, 6.07) is 8.16. The van der Waals surface area contributed by atoms with Crippen molar-refractivity contribution in [1.82, 2.24) is 14.7 Å². The highest BCUT2D eigenvalue weighted by Gasteiger charge is 2.43. The number of anilines is 1. The molecule has 1 aromatic heterocycles. The van der Waals surface area contributed by atoms with Gasteiger partial charge in [-0.1, -0.05) is 37.1 Å². The third kappa shape index (κ3) is 4.05. The van der Waals surface area contributed by atoms with E-state index in [1.807, 2.05) is 12.1 Å². The van der Waals surface area contributed by atoms with Crippen molar-refractivity contribution in [3.63, 3.8) is 0 Å². The highest BCUT2D eigenvalue weighted by molar-refractivity contribution is 5.99. The van der Waals surface area contributed by atoms with Gasteiger partial charge < -0.3 is 15.0 Å². The van der Waals surface area contributed by atoms with Gasteiger partial charge in [0, 0.05) is 19.3 Å². The lowest BCUT2D eigenvalue weighted by atomic mass is 9.76. The van der Waals surface area contributed by atoms with Gasteiger partial charge in [0.25, 0.3) is 0 Å². The van der Waals surface area contributed by atoms with Crippen LogP contribution in [0.1, 0.15) is 36.8 Å². The second kappa shape index (κ2) is 8.37. The molecule has 2 aliphatic rings. The monoisotopic (exact) mass is 396 g/mol. The van der Waals surface area contributed by atoms with Crippen molar-refractivity contribution < 1.29 is 14.3 Å². The maximum atomic E-state index is 13.3. The first-order chi connectivity index (χ1) is 14.1. The van der Waals surface area contributed by atoms with Gasteiger partial charge in [0.2, 0.25) is 11.8 Å². The predicted molar refractivity (Wildman–Crippen MR) is 110 cm³/mol. The number of aryl methyl sites for hydroxylation is 1. The van der Waals surface area contributed by atoms with Crippen molar-refractivity contribution in [2.75, 3.05) is 31.6 Å². The molecule has 1 aliphatic heterocycles. The third-order valence-electron chi connectivity index (χ3n) is 6.10. The normalized spacial score (nSPS) is 18.6. The fraction of sp³-hybridized carbons (Fsp3) is 0.500. The molecule has 2 heterocycles. The molecule has 154 valence electrons. The fourth-order valence-electron chi connectivity index (χ4n) is 4.52. The number of nitrogens with zero attached hydrogens (tertiary/aromatic N) is 3. The summed E-state index contributed by atoms with van der Waals surface area (Å²) in [6.07, 6.45) is 7.16. The summed E-state index contributed by atoms with van der Waals surface area (Å²) in [5.41, 5.74) is 2.41. The van der Waals surface area contributed by atoms with Crippen molar-refractivity contribution in [2.45, 2.75) is 44.6 Å². The molecular weight excluding hydrogens is 368 g/mol. The smallest absolute Gasteiger partial charge is 0.244 e. The van der Waals surface area contributed by atoms with Crippen LogP contribution in [0.3, 0.4) is 0 Å². The molecule has 1 aliphatic carbocycles. The standard InChI is InChI=1S/C22H28N4O3/c1-17-6-2-3-7-19(17)22(8-4-5-9-22)21(28)24-18-14-23-26(15-18)16-20(27)25-10-12-29-13-11-25/h2-3,6-7,14-15H,4-5,8-13,16H2,1H3,(H,24,28). The van der Waals surface area contributed by atoms with Gasteiger partial charge in [-0.3, -0.25) is 14.3 Å². The quantitative estimate of drug-likeness (QED) is 0.843. The van der Waals surface area contributed by atoms with Crippen LogP contribution in [0, 0.1) is 6.92 Å². The zero-order chi connectivity index (χ0) is 20.3. The molecule has 0 radical (unpaired) electrons. The summed E-state index contributed by atoms with van der Waals surface area (Å²) >= 11 is 0. The van der Waals surface area contributed by atoms with E-state index in [1.165, 1.54) is 0 Å². The summed E-state index contributed by atoms with van der Waals surface area (Å²) in [5, 5.41) is 7.32. The van der Waals surface area contributed by atoms with E-state index in [0.717, 1.165) is 36.8 Å². The summed E-state index contributed by atoms with van der Waals surface area (Å²) < 4.78 is 6.87. The minimum Gasteiger partial charge on any atom is -0.378 e. The van der Waals surface area contributed by atoms with E-state index in [1.54, 1.807) is 22.0 Å². The number of hydrogen-bond donors (Lipinski definition) is 1. The number of carbonyl (C=O) groups excluding carboxylic acids is 2. The van der Waals surface area contributed by atoms with Crippen molar-refractivity contribution in [3.8, 4) is 0 Å². The average molecular weight is 396 g/mol. The van der Waals surface area contributed by atoms with Gasteiger partial charge in [0.15, 0.2) is 0 Å². The molecule has 0 spiro atoms. The molecular formula is C22H28N4O3. The predicted octanol–water partition coefficient (Wildman–Crippen LogP) is 2.50. The van der Waals surface area contributed by atoms with Gasteiger partial charge in [0.1, 0.15) is 6.54 Å². The SMILES string of the molecule is Cc1ccccc1C1(C(=O)Nc2cnn(CC(=O)N3CCOCC3)c2)CCCC1. The number of nitrogens with one attached hydrogen (secondary N) is 1. The molecule has 2 fully saturated rings. The van der Waals surface area contributed by atoms with E-state index in [0.29, 0.717) is 32.0 Å². The van der Waals surface area contributed by atoms with Crippen LogP contribution in [0.25, 0.3) is 0 Å². The second-order valence-electron chi connectivity index (χ2n) is 7.98. The third-order valence-corrected chi connectivity index (χ3v) is 6.10. The Morgan fingerprint density at radius 2 is 1.90 bits per heavy atom. The maximum Gasteiger partial charge on any atom is 0.244 e. The van der Waals surface area contributed by atoms with Gasteiger partial charge >= 0.3 is 0 Å². The zero-order valence-corrected chi connectivity index (χ0v) is 16.9. The number of amides is 2. The Morgan fingerprint density at radius 1 is 1.17 bits per heavy atom. The van der Waals surface area contributed by atoms with Crippen molar-refractivity contribution >= 4 is 17.5 Å². The van der Waals surface area contributed by atoms with Crippen molar-refractivity contribution in [2.24, 2.45) is 0 Å². The lowest BCUT2D eigenvalue weighted by molar-refractivity contribution is -0.136. The van der Waals surface area contributed by atoms with Crippen LogP contribution in [0.15, 0.2) is 36.7 Å². The second-order valence-corrected chi connectivity index (χ2v) is 7.98. The lowest BCUT2D eigenvalue weighted by Crippen LogP contribution is -2.42. The van der Waals surface area contributed by atoms with Crippen LogP contribution in [-0.2, 0) is 26.3 Å². The summed E-state index contributed by atoms with van der Waals surface area (Å²) in [7, 11) is 0. The van der Waals surface area contributed by atoms with Gasteiger partial charge in [-0.15, -0.1) is 0 Å². The Labute approximate surface area is 171 Å². The molecule has 2 aromatic rings. The van der Waals surface area contributed by atoms with Gasteiger partial charge in [-0.25, -0.2) is 0 Å². The van der Waals surface area contributed by atoms with E-state index in [-0.39, 0.29) is 18.4 Å². The minimum atomic E-state index is -0.489. The summed E-state index contributed by atoms with van der Waals surface area (Å²) in [6.45, 7) is 4.61. The summed E-state index contributed by atoms with van der Waals surface area (Å²) in [5.74, 6) is 0.0322. The first-order valence-electron chi connectivity index (χ1n) is 10.3. The number of aromatic nitrogens is 2. The fourth-order valence-corrected chi connectivity index (χ4v) is 4.52. The zero-order valence-electron chi connectivity index (χ0n) is 16.9. The highest BCUT2D eigenvalue weighted by Crippen LogP contribution is 2.43. The highest BCUT2D eigenvalue weighted by atomic mass is 16.5. The Bertz CT molecular complexity index is 880. The molecule has 1 N–H and O–H groups in total. The van der Waals surface area contributed by atoms with Gasteiger partial charge in [0.05, 0.1) is 30.5 Å². The summed E-state index contributed by atoms with van der Waals surface area (Å²) in [4.78, 5) is 27.5. The molecule has 2 amide bonds. The van der Waals surface area contributed by atoms with Crippen molar-refractivity contribution in [1.29, 1.82) is 0 Å². The number of morpholine rings is 1. The molecule has 1 saturated heterocycles. The largest absolute Gasteiger partial charge is 0.378 e. The van der Waals surface area contributed by atoms with Gasteiger partial charge in [-0.2, -0.15) is 5.10 Å². The topological polar surface area (TPSA) is 76.5 Å². The molecule has 0 unspecified atom stereocenters. The van der Waals surface area contributed by atoms with Crippen LogP contribution in [0.4, 0.5) is 5.69 Å². The number of carbonyl (C=O) groups is 2. The van der Waals surface area contributed by atoms with E-state index in [2.05, 4.69) is 29.5 Å². The molecule has 4 rings (SSSR count). The van der Waals surface area contributed by atoms with Crippen LogP contribution in [0.2, 0.25) is 0 Å². The number of ether oxygens (including phenoxy) is 1. The Kier molecular flexibility index (Phi) is 5.67. The molecule has 7 heteroatoms. The van der Waals surface area contributed by atoms with Crippen LogP contribution >= 0.6 is 0 Å². The minimum absolute atomic E-state index is 0.0152. The molecule has 1 aromatic carbocycles. The molecule has 0 atom stereocenters. The van der Waals surface area contributed by atoms with E-state index >= 15 is 0 Å². The van der Waals surface area contributed by atoms with E-state index in [9.17, 15) is 9.59 Å². The first kappa shape index (κ1) is 19.6. The Balaban J connectivity index is 1.45. The maximum absolute atomic E-state index is 13.3.